The number of halogens is 1. The van der Waals surface area contributed by atoms with Crippen molar-refractivity contribution >= 4 is 41.5 Å². The Balaban J connectivity index is 0.00000306. The molecule has 0 saturated carbocycles. The number of ether oxygens (including phenoxy) is 1. The number of hydrogen-bond acceptors (Lipinski definition) is 4. The molecule has 0 aliphatic carbocycles. The van der Waals surface area contributed by atoms with Crippen LogP contribution in [-0.2, 0) is 11.2 Å². The van der Waals surface area contributed by atoms with Crippen LogP contribution in [0.1, 0.15) is 36.3 Å². The summed E-state index contributed by atoms with van der Waals surface area (Å²) in [7, 11) is 3.39. The molecule has 2 heterocycles. The van der Waals surface area contributed by atoms with Crippen molar-refractivity contribution in [2.24, 2.45) is 4.99 Å². The molecule has 2 aromatic rings. The number of guanidine groups is 1. The minimum Gasteiger partial charge on any atom is -0.508 e. The summed E-state index contributed by atoms with van der Waals surface area (Å²) in [5, 5.41) is 13.7. The fourth-order valence-corrected chi connectivity index (χ4v) is 4.68. The minimum atomic E-state index is 0. The largest absolute Gasteiger partial charge is 0.508 e. The van der Waals surface area contributed by atoms with Gasteiger partial charge in [-0.05, 0) is 42.5 Å². The first-order valence-electron chi connectivity index (χ1n) is 11.3. The van der Waals surface area contributed by atoms with Gasteiger partial charge < -0.3 is 25.0 Å². The molecule has 1 fully saturated rings. The molecule has 1 unspecified atom stereocenters. The zero-order chi connectivity index (χ0) is 22.5. The van der Waals surface area contributed by atoms with Crippen molar-refractivity contribution in [3.05, 3.63) is 53.6 Å². The molecule has 7 nitrogen and oxygen atoms in total. The number of nitrogens with one attached hydrogen (secondary N) is 1. The van der Waals surface area contributed by atoms with Gasteiger partial charge in [0.1, 0.15) is 11.5 Å². The maximum absolute atomic E-state index is 12.0. The Morgan fingerprint density at radius 2 is 2.09 bits per heavy atom. The van der Waals surface area contributed by atoms with Gasteiger partial charge in [-0.25, -0.2) is 0 Å². The number of carbonyl (C=O) groups excluding carboxylic acids is 1. The number of nitrogens with zero attached hydrogens (tertiary/aromatic N) is 3. The fraction of sp³-hybridized carbons (Fsp3) is 0.440. The first-order valence-corrected chi connectivity index (χ1v) is 11.3. The topological polar surface area (TPSA) is 77.4 Å². The van der Waals surface area contributed by atoms with Gasteiger partial charge in [0.15, 0.2) is 5.96 Å². The minimum absolute atomic E-state index is 0. The van der Waals surface area contributed by atoms with Crippen LogP contribution in [0.15, 0.2) is 47.5 Å². The Morgan fingerprint density at radius 1 is 1.27 bits per heavy atom. The molecule has 1 atom stereocenters. The summed E-state index contributed by atoms with van der Waals surface area (Å²) in [6, 6.07) is 13.8. The molecule has 2 aliphatic rings. The number of likely N-dealkylation sites (tertiary alicyclic amines) is 1. The zero-order valence-corrected chi connectivity index (χ0v) is 21.6. The molecule has 2 aromatic carbocycles. The van der Waals surface area contributed by atoms with Crippen molar-refractivity contribution in [3.63, 3.8) is 0 Å². The summed E-state index contributed by atoms with van der Waals surface area (Å²) in [5.41, 5.74) is 3.35. The van der Waals surface area contributed by atoms with Crippen LogP contribution in [0.2, 0.25) is 0 Å². The molecular weight excluding hydrogens is 531 g/mol. The first kappa shape index (κ1) is 25.1. The highest BCUT2D eigenvalue weighted by Gasteiger charge is 2.32. The summed E-state index contributed by atoms with van der Waals surface area (Å²) >= 11 is 0. The quantitative estimate of drug-likeness (QED) is 0.305. The molecule has 4 rings (SSSR count). The molecule has 2 N–H and O–H groups in total. The lowest BCUT2D eigenvalue weighted by molar-refractivity contribution is -0.127. The van der Waals surface area contributed by atoms with E-state index in [1.807, 2.05) is 17.0 Å². The lowest BCUT2D eigenvalue weighted by Gasteiger charge is -2.23. The number of aromatic hydroxyl groups is 1. The molecule has 0 radical (unpaired) electrons. The number of anilines is 1. The Hall–Kier alpha value is -2.49. The van der Waals surface area contributed by atoms with E-state index < -0.39 is 0 Å². The van der Waals surface area contributed by atoms with Crippen molar-refractivity contribution in [3.8, 4) is 11.5 Å². The van der Waals surface area contributed by atoms with E-state index in [0.717, 1.165) is 44.0 Å². The van der Waals surface area contributed by atoms with Crippen LogP contribution < -0.4 is 15.0 Å². The second-order valence-corrected chi connectivity index (χ2v) is 8.36. The van der Waals surface area contributed by atoms with Crippen LogP contribution in [-0.4, -0.2) is 62.2 Å². The van der Waals surface area contributed by atoms with Gasteiger partial charge in [-0.2, -0.15) is 0 Å². The summed E-state index contributed by atoms with van der Waals surface area (Å²) < 4.78 is 5.16. The molecule has 0 aromatic heterocycles. The summed E-state index contributed by atoms with van der Waals surface area (Å²) in [4.78, 5) is 20.8. The van der Waals surface area contributed by atoms with Crippen LogP contribution in [0.3, 0.4) is 0 Å². The highest BCUT2D eigenvalue weighted by molar-refractivity contribution is 14.0. The van der Waals surface area contributed by atoms with Crippen molar-refractivity contribution in [1.82, 2.24) is 10.2 Å². The Labute approximate surface area is 212 Å². The predicted octanol–water partition coefficient (Wildman–Crippen LogP) is 3.75. The van der Waals surface area contributed by atoms with Crippen LogP contribution in [0.5, 0.6) is 11.5 Å². The Bertz CT molecular complexity index is 997. The summed E-state index contributed by atoms with van der Waals surface area (Å²) in [5.74, 6) is 2.36. The maximum atomic E-state index is 12.0. The molecule has 8 heteroatoms. The zero-order valence-electron chi connectivity index (χ0n) is 19.3. The van der Waals surface area contributed by atoms with Gasteiger partial charge in [-0.15, -0.1) is 24.0 Å². The monoisotopic (exact) mass is 564 g/mol. The van der Waals surface area contributed by atoms with E-state index in [2.05, 4.69) is 39.5 Å². The maximum Gasteiger partial charge on any atom is 0.222 e. The van der Waals surface area contributed by atoms with E-state index in [9.17, 15) is 9.90 Å². The van der Waals surface area contributed by atoms with Crippen molar-refractivity contribution in [2.45, 2.75) is 31.6 Å². The number of hydrogen-bond donors (Lipinski definition) is 2. The van der Waals surface area contributed by atoms with E-state index in [0.29, 0.717) is 31.1 Å². The molecule has 0 spiro atoms. The number of amides is 1. The Morgan fingerprint density at radius 3 is 2.79 bits per heavy atom. The average molecular weight is 564 g/mol. The summed E-state index contributed by atoms with van der Waals surface area (Å²) in [6.07, 6.45) is 3.29. The van der Waals surface area contributed by atoms with E-state index in [-0.39, 0.29) is 35.6 Å². The van der Waals surface area contributed by atoms with E-state index in [4.69, 9.17) is 4.74 Å². The summed E-state index contributed by atoms with van der Waals surface area (Å²) in [6.45, 7) is 3.19. The predicted molar refractivity (Wildman–Crippen MR) is 142 cm³/mol. The number of phenolic OH excluding ortho intramolecular Hbond substituents is 1. The molecule has 2 aliphatic heterocycles. The lowest BCUT2D eigenvalue weighted by atomic mass is 9.98. The number of carbonyl (C=O) groups is 1. The number of phenols is 1. The standard InChI is InChI=1S/C25H32N4O3.HI/c1-26-25(27-13-11-18-9-10-20(32-2)16-23(18)30)29-17-19(21-6-3-4-7-22(21)29)12-15-28-14-5-8-24(28)31;/h3-4,6-7,9-10,16,19,30H,5,8,11-15,17H2,1-2H3,(H,26,27);1H. The normalized spacial score (nSPS) is 17.7. The molecule has 1 amide bonds. The highest BCUT2D eigenvalue weighted by atomic mass is 127. The van der Waals surface area contributed by atoms with Gasteiger partial charge in [-0.1, -0.05) is 24.3 Å². The van der Waals surface area contributed by atoms with Crippen LogP contribution in [0, 0.1) is 0 Å². The third kappa shape index (κ3) is 5.72. The number of methoxy groups -OCH3 is 1. The molecule has 178 valence electrons. The Kier molecular flexibility index (Phi) is 8.82. The second kappa shape index (κ2) is 11.6. The van der Waals surface area contributed by atoms with Crippen LogP contribution >= 0.6 is 24.0 Å². The van der Waals surface area contributed by atoms with Crippen LogP contribution in [0.4, 0.5) is 5.69 Å². The highest BCUT2D eigenvalue weighted by Crippen LogP contribution is 2.38. The van der Waals surface area contributed by atoms with Gasteiger partial charge in [0.2, 0.25) is 5.91 Å². The second-order valence-electron chi connectivity index (χ2n) is 8.36. The van der Waals surface area contributed by atoms with Crippen molar-refractivity contribution in [1.29, 1.82) is 0 Å². The van der Waals surface area contributed by atoms with Gasteiger partial charge in [0.05, 0.1) is 7.11 Å². The number of para-hydroxylation sites is 1. The third-order valence-electron chi connectivity index (χ3n) is 6.43. The number of benzene rings is 2. The van der Waals surface area contributed by atoms with Crippen molar-refractivity contribution < 1.29 is 14.6 Å². The fourth-order valence-electron chi connectivity index (χ4n) is 4.68. The van der Waals surface area contributed by atoms with Gasteiger partial charge in [0, 0.05) is 57.3 Å². The number of fused-ring (bicyclic) bond motifs is 1. The van der Waals surface area contributed by atoms with Gasteiger partial charge in [-0.3, -0.25) is 9.79 Å². The van der Waals surface area contributed by atoms with Crippen LogP contribution in [0.25, 0.3) is 0 Å². The van der Waals surface area contributed by atoms with E-state index in [1.54, 1.807) is 20.2 Å². The first-order chi connectivity index (χ1) is 15.6. The van der Waals surface area contributed by atoms with E-state index >= 15 is 0 Å². The van der Waals surface area contributed by atoms with Gasteiger partial charge in [0.25, 0.3) is 0 Å². The molecule has 0 bridgehead atoms. The average Bonchev–Trinajstić information content (AvgIpc) is 3.39. The number of rotatable bonds is 7. The number of aliphatic imine (C=N–C) groups is 1. The van der Waals surface area contributed by atoms with Crippen molar-refractivity contribution in [2.75, 3.05) is 45.2 Å². The van der Waals surface area contributed by atoms with E-state index in [1.165, 1.54) is 11.3 Å². The third-order valence-corrected chi connectivity index (χ3v) is 6.43. The smallest absolute Gasteiger partial charge is 0.222 e. The lowest BCUT2D eigenvalue weighted by Crippen LogP contribution is -2.42. The molecule has 1 saturated heterocycles. The molecular formula is C25H33IN4O3. The SMILES string of the molecule is CN=C(NCCc1ccc(OC)cc1O)N1CC(CCN2CCCC2=O)c2ccccc21.I. The molecule has 33 heavy (non-hydrogen) atoms. The van der Waals surface area contributed by atoms with Gasteiger partial charge >= 0.3 is 0 Å².